The van der Waals surface area contributed by atoms with Crippen molar-refractivity contribution in [2.45, 2.75) is 56.5 Å². The molecule has 0 radical (unpaired) electrons. The van der Waals surface area contributed by atoms with E-state index in [1.54, 1.807) is 12.3 Å². The highest BCUT2D eigenvalue weighted by molar-refractivity contribution is 5.83. The third-order valence-electron chi connectivity index (χ3n) is 7.37. The summed E-state index contributed by atoms with van der Waals surface area (Å²) in [7, 11) is 0. The Bertz CT molecular complexity index is 1250. The van der Waals surface area contributed by atoms with Gasteiger partial charge in [0.05, 0.1) is 29.8 Å². The van der Waals surface area contributed by atoms with E-state index in [0.717, 1.165) is 42.3 Å². The van der Waals surface area contributed by atoms with Crippen LogP contribution in [0.25, 0.3) is 16.4 Å². The summed E-state index contributed by atoms with van der Waals surface area (Å²) in [5.74, 6) is 0.921. The zero-order chi connectivity index (χ0) is 20.9. The second-order valence-corrected chi connectivity index (χ2v) is 9.23. The lowest BCUT2D eigenvalue weighted by Gasteiger charge is -2.33. The molecule has 0 aliphatic heterocycles. The van der Waals surface area contributed by atoms with Crippen molar-refractivity contribution in [3.8, 4) is 0 Å². The molecule has 0 saturated heterocycles. The lowest BCUT2D eigenvalue weighted by Crippen LogP contribution is -2.22. The molecule has 1 atom stereocenters. The molecular weight excluding hydrogens is 389 g/mol. The van der Waals surface area contributed by atoms with Crippen LogP contribution in [0.3, 0.4) is 0 Å². The van der Waals surface area contributed by atoms with E-state index in [0.29, 0.717) is 17.4 Å². The standard InChI is InChI=1S/C26H26FN3O/c27-23-3-1-2-22-20(12-13-29-24(22)23)16-6-8-18(9-7-16)26(31)25-21(17-4-5-17)11-10-19-14-28-15-30(19)25/h1-3,10-18,26,31H,4-9H2/t16?,18?,26-/m0/s1. The van der Waals surface area contributed by atoms with Gasteiger partial charge in [-0.25, -0.2) is 9.37 Å². The molecule has 6 rings (SSSR count). The Balaban J connectivity index is 1.27. The molecule has 0 amide bonds. The Hall–Kier alpha value is -2.79. The van der Waals surface area contributed by atoms with Gasteiger partial charge < -0.3 is 9.51 Å². The fraction of sp³-hybridized carbons (Fsp3) is 0.385. The molecule has 2 aliphatic rings. The fourth-order valence-corrected chi connectivity index (χ4v) is 5.57. The topological polar surface area (TPSA) is 50.4 Å². The van der Waals surface area contributed by atoms with E-state index in [-0.39, 0.29) is 11.7 Å². The molecule has 5 heteroatoms. The molecule has 158 valence electrons. The third kappa shape index (κ3) is 3.23. The molecule has 0 bridgehead atoms. The first-order valence-electron chi connectivity index (χ1n) is 11.4. The van der Waals surface area contributed by atoms with Gasteiger partial charge in [0.1, 0.15) is 11.3 Å². The minimum atomic E-state index is -0.485. The van der Waals surface area contributed by atoms with E-state index >= 15 is 0 Å². The van der Waals surface area contributed by atoms with E-state index in [1.165, 1.54) is 30.0 Å². The monoisotopic (exact) mass is 415 g/mol. The summed E-state index contributed by atoms with van der Waals surface area (Å²) in [5.41, 5.74) is 5.02. The summed E-state index contributed by atoms with van der Waals surface area (Å²) >= 11 is 0. The molecule has 1 aromatic carbocycles. The molecule has 4 aromatic rings. The number of imidazole rings is 1. The quantitative estimate of drug-likeness (QED) is 0.451. The number of aromatic nitrogens is 3. The molecule has 0 unspecified atom stereocenters. The lowest BCUT2D eigenvalue weighted by molar-refractivity contribution is 0.0755. The fourth-order valence-electron chi connectivity index (χ4n) is 5.57. The average molecular weight is 416 g/mol. The molecule has 2 fully saturated rings. The minimum absolute atomic E-state index is 0.228. The van der Waals surface area contributed by atoms with Crippen molar-refractivity contribution in [1.82, 2.24) is 14.4 Å². The maximum absolute atomic E-state index is 14.2. The number of pyridine rings is 2. The highest BCUT2D eigenvalue weighted by Crippen LogP contribution is 2.47. The van der Waals surface area contributed by atoms with Crippen LogP contribution in [0, 0.1) is 11.7 Å². The molecular formula is C26H26FN3O. The third-order valence-corrected chi connectivity index (χ3v) is 7.37. The number of benzene rings is 1. The summed E-state index contributed by atoms with van der Waals surface area (Å²) in [6.45, 7) is 0. The van der Waals surface area contributed by atoms with Crippen LogP contribution in [0.4, 0.5) is 4.39 Å². The van der Waals surface area contributed by atoms with Crippen LogP contribution in [-0.2, 0) is 0 Å². The predicted octanol–water partition coefficient (Wildman–Crippen LogP) is 5.91. The largest absolute Gasteiger partial charge is 0.387 e. The number of halogens is 1. The Kier molecular flexibility index (Phi) is 4.53. The lowest BCUT2D eigenvalue weighted by atomic mass is 9.75. The zero-order valence-electron chi connectivity index (χ0n) is 17.4. The van der Waals surface area contributed by atoms with Crippen molar-refractivity contribution in [2.75, 3.05) is 0 Å². The summed E-state index contributed by atoms with van der Waals surface area (Å²) in [6, 6.07) is 11.6. The van der Waals surface area contributed by atoms with E-state index < -0.39 is 6.10 Å². The van der Waals surface area contributed by atoms with Gasteiger partial charge in [0.15, 0.2) is 0 Å². The van der Waals surface area contributed by atoms with Gasteiger partial charge in [0.25, 0.3) is 0 Å². The van der Waals surface area contributed by atoms with Crippen LogP contribution >= 0.6 is 0 Å². The molecule has 3 aromatic heterocycles. The molecule has 2 saturated carbocycles. The molecule has 2 aliphatic carbocycles. The Morgan fingerprint density at radius 1 is 0.935 bits per heavy atom. The van der Waals surface area contributed by atoms with Gasteiger partial charge in [-0.2, -0.15) is 0 Å². The SMILES string of the molecule is O[C@H](c1c(C2CC2)ccc2cncn12)C1CCC(c2ccnc3c(F)cccc23)CC1. The maximum atomic E-state index is 14.2. The minimum Gasteiger partial charge on any atom is -0.387 e. The van der Waals surface area contributed by atoms with Crippen LogP contribution < -0.4 is 0 Å². The van der Waals surface area contributed by atoms with E-state index in [2.05, 4.69) is 26.5 Å². The summed E-state index contributed by atoms with van der Waals surface area (Å²) in [6.07, 6.45) is 11.3. The molecule has 1 N–H and O–H groups in total. The molecule has 3 heterocycles. The normalized spacial score (nSPS) is 22.8. The number of hydrogen-bond donors (Lipinski definition) is 1. The molecule has 0 spiro atoms. The number of fused-ring (bicyclic) bond motifs is 2. The Morgan fingerprint density at radius 2 is 1.71 bits per heavy atom. The van der Waals surface area contributed by atoms with Crippen LogP contribution in [0.1, 0.15) is 73.3 Å². The second kappa shape index (κ2) is 7.41. The maximum Gasteiger partial charge on any atom is 0.149 e. The second-order valence-electron chi connectivity index (χ2n) is 9.23. The first kappa shape index (κ1) is 18.9. The smallest absolute Gasteiger partial charge is 0.149 e. The van der Waals surface area contributed by atoms with Gasteiger partial charge in [0.2, 0.25) is 0 Å². The predicted molar refractivity (Wildman–Crippen MR) is 119 cm³/mol. The van der Waals surface area contributed by atoms with Crippen molar-refractivity contribution in [1.29, 1.82) is 0 Å². The number of nitrogens with zero attached hydrogens (tertiary/aromatic N) is 3. The van der Waals surface area contributed by atoms with E-state index in [4.69, 9.17) is 0 Å². The molecule has 4 nitrogen and oxygen atoms in total. The number of hydrogen-bond acceptors (Lipinski definition) is 3. The summed E-state index contributed by atoms with van der Waals surface area (Å²) in [5, 5.41) is 12.4. The van der Waals surface area contributed by atoms with Crippen LogP contribution in [0.2, 0.25) is 0 Å². The van der Waals surface area contributed by atoms with Gasteiger partial charge >= 0.3 is 0 Å². The zero-order valence-corrected chi connectivity index (χ0v) is 17.4. The van der Waals surface area contributed by atoms with Gasteiger partial charge in [-0.05, 0) is 85.6 Å². The number of rotatable bonds is 4. The number of para-hydroxylation sites is 1. The average Bonchev–Trinajstić information content (AvgIpc) is 3.54. The first-order valence-corrected chi connectivity index (χ1v) is 11.4. The highest BCUT2D eigenvalue weighted by Gasteiger charge is 2.34. The van der Waals surface area contributed by atoms with Crippen molar-refractivity contribution in [3.05, 3.63) is 77.8 Å². The van der Waals surface area contributed by atoms with Crippen molar-refractivity contribution >= 4 is 16.4 Å². The Morgan fingerprint density at radius 3 is 2.52 bits per heavy atom. The van der Waals surface area contributed by atoms with Gasteiger partial charge in [-0.15, -0.1) is 0 Å². The summed E-state index contributed by atoms with van der Waals surface area (Å²) < 4.78 is 16.3. The van der Waals surface area contributed by atoms with Crippen molar-refractivity contribution < 1.29 is 9.50 Å². The van der Waals surface area contributed by atoms with Gasteiger partial charge in [-0.1, -0.05) is 18.2 Å². The number of aliphatic hydroxyl groups excluding tert-OH is 1. The molecule has 31 heavy (non-hydrogen) atoms. The van der Waals surface area contributed by atoms with Crippen molar-refractivity contribution in [3.63, 3.8) is 0 Å². The number of aliphatic hydroxyl groups is 1. The van der Waals surface area contributed by atoms with Crippen LogP contribution in [0.5, 0.6) is 0 Å². The first-order chi connectivity index (χ1) is 15.2. The highest BCUT2D eigenvalue weighted by atomic mass is 19.1. The van der Waals surface area contributed by atoms with Gasteiger partial charge in [-0.3, -0.25) is 4.98 Å². The van der Waals surface area contributed by atoms with Crippen LogP contribution in [-0.4, -0.2) is 19.5 Å². The van der Waals surface area contributed by atoms with Crippen LogP contribution in [0.15, 0.2) is 55.1 Å². The summed E-state index contributed by atoms with van der Waals surface area (Å²) in [4.78, 5) is 8.56. The van der Waals surface area contributed by atoms with Crippen molar-refractivity contribution in [2.24, 2.45) is 5.92 Å². The van der Waals surface area contributed by atoms with Gasteiger partial charge in [0, 0.05) is 11.6 Å². The van der Waals surface area contributed by atoms with E-state index in [9.17, 15) is 9.50 Å². The Labute approximate surface area is 180 Å². The van der Waals surface area contributed by atoms with E-state index in [1.807, 2.05) is 24.7 Å².